The van der Waals surface area contributed by atoms with Crippen LogP contribution in [0.3, 0.4) is 0 Å². The van der Waals surface area contributed by atoms with Gasteiger partial charge in [0.2, 0.25) is 5.91 Å². The summed E-state index contributed by atoms with van der Waals surface area (Å²) in [6, 6.07) is 13.3. The maximum atomic E-state index is 13.1. The van der Waals surface area contributed by atoms with Gasteiger partial charge in [0.25, 0.3) is 5.91 Å². The number of anilines is 1. The van der Waals surface area contributed by atoms with Crippen LogP contribution in [0.5, 0.6) is 0 Å². The lowest BCUT2D eigenvalue weighted by atomic mass is 9.98. The summed E-state index contributed by atoms with van der Waals surface area (Å²) in [6.07, 6.45) is 4.42. The Morgan fingerprint density at radius 3 is 2.58 bits per heavy atom. The summed E-state index contributed by atoms with van der Waals surface area (Å²) < 4.78 is 0. The molecule has 2 heterocycles. The van der Waals surface area contributed by atoms with E-state index in [4.69, 9.17) is 11.6 Å². The molecule has 1 N–H and O–H groups in total. The molecule has 0 aliphatic carbocycles. The van der Waals surface area contributed by atoms with Gasteiger partial charge in [-0.05, 0) is 61.6 Å². The third kappa shape index (κ3) is 5.90. The summed E-state index contributed by atoms with van der Waals surface area (Å²) in [7, 11) is 1.56. The van der Waals surface area contributed by atoms with E-state index in [-0.39, 0.29) is 18.2 Å². The van der Waals surface area contributed by atoms with Crippen LogP contribution in [0.1, 0.15) is 47.2 Å². The molecule has 2 aliphatic heterocycles. The quantitative estimate of drug-likeness (QED) is 0.370. The first-order valence-electron chi connectivity index (χ1n) is 12.8. The van der Waals surface area contributed by atoms with Crippen LogP contribution in [0.4, 0.5) is 5.69 Å². The summed E-state index contributed by atoms with van der Waals surface area (Å²) in [6.45, 7) is 5.48. The molecule has 2 aliphatic rings. The first kappa shape index (κ1) is 26.2. The number of carbonyl (C=O) groups is 3. The van der Waals surface area contributed by atoms with E-state index < -0.39 is 6.04 Å². The van der Waals surface area contributed by atoms with Gasteiger partial charge in [0.15, 0.2) is 0 Å². The highest BCUT2D eigenvalue weighted by molar-refractivity contribution is 6.33. The summed E-state index contributed by atoms with van der Waals surface area (Å²) in [5, 5.41) is 3.45. The number of halogens is 1. The zero-order valence-electron chi connectivity index (χ0n) is 20.9. The summed E-state index contributed by atoms with van der Waals surface area (Å²) in [5.74, 6) is -0.350. The summed E-state index contributed by atoms with van der Waals surface area (Å²) in [5.41, 5.74) is 4.00. The first-order valence-corrected chi connectivity index (χ1v) is 13.2. The number of fused-ring (bicyclic) bond motifs is 1. The molecule has 1 unspecified atom stereocenters. The molecule has 1 saturated heterocycles. The Bertz CT molecular complexity index is 1080. The van der Waals surface area contributed by atoms with E-state index in [9.17, 15) is 14.4 Å². The number of aryl methyl sites for hydroxylation is 1. The average Bonchev–Trinajstić information content (AvgIpc) is 3.24. The van der Waals surface area contributed by atoms with Gasteiger partial charge >= 0.3 is 0 Å². The molecule has 7 nitrogen and oxygen atoms in total. The van der Waals surface area contributed by atoms with E-state index in [0.717, 1.165) is 74.5 Å². The van der Waals surface area contributed by atoms with Crippen LogP contribution in [0.25, 0.3) is 0 Å². The van der Waals surface area contributed by atoms with Gasteiger partial charge in [0.1, 0.15) is 12.3 Å². The van der Waals surface area contributed by atoms with E-state index >= 15 is 0 Å². The predicted octanol–water partition coefficient (Wildman–Crippen LogP) is 3.53. The number of para-hydroxylation sites is 1. The maximum Gasteiger partial charge on any atom is 0.255 e. The molecular weight excluding hydrogens is 476 g/mol. The van der Waals surface area contributed by atoms with Gasteiger partial charge in [0.05, 0.1) is 10.7 Å². The fraction of sp³-hybridized carbons (Fsp3) is 0.464. The van der Waals surface area contributed by atoms with E-state index in [1.165, 1.54) is 5.56 Å². The van der Waals surface area contributed by atoms with Gasteiger partial charge in [-0.25, -0.2) is 0 Å². The maximum absolute atomic E-state index is 13.1. The minimum absolute atomic E-state index is 0.122. The number of aldehydes is 1. The van der Waals surface area contributed by atoms with Gasteiger partial charge in [-0.3, -0.25) is 14.5 Å². The SMILES string of the molecule is CNC(=O)C(CCC=O)N1Cc2c(CCCCN3CCN(c4ccccc4Cl)CC3)cccc2C1=O. The monoisotopic (exact) mass is 510 g/mol. The van der Waals surface area contributed by atoms with Crippen molar-refractivity contribution in [2.75, 3.05) is 44.7 Å². The molecule has 1 atom stereocenters. The van der Waals surface area contributed by atoms with Crippen molar-refractivity contribution in [2.24, 2.45) is 0 Å². The molecule has 0 spiro atoms. The smallest absolute Gasteiger partial charge is 0.255 e. The number of unbranched alkanes of at least 4 members (excludes halogenated alkanes) is 1. The van der Waals surface area contributed by atoms with Crippen LogP contribution in [0.2, 0.25) is 5.02 Å². The van der Waals surface area contributed by atoms with Gasteiger partial charge in [-0.2, -0.15) is 0 Å². The molecule has 0 saturated carbocycles. The molecule has 192 valence electrons. The number of likely N-dealkylation sites (N-methyl/N-ethyl adjacent to an activating group) is 1. The van der Waals surface area contributed by atoms with Crippen LogP contribution in [0, 0.1) is 0 Å². The Hall–Kier alpha value is -2.90. The van der Waals surface area contributed by atoms with Crippen LogP contribution >= 0.6 is 11.6 Å². The van der Waals surface area contributed by atoms with Crippen LogP contribution in [-0.2, 0) is 22.6 Å². The second-order valence-electron chi connectivity index (χ2n) is 9.49. The van der Waals surface area contributed by atoms with E-state index in [1.807, 2.05) is 30.3 Å². The Labute approximate surface area is 218 Å². The highest BCUT2D eigenvalue weighted by Crippen LogP contribution is 2.30. The van der Waals surface area contributed by atoms with Crippen molar-refractivity contribution in [3.63, 3.8) is 0 Å². The molecular formula is C28H35ClN4O3. The number of rotatable bonds is 11. The molecule has 2 aromatic rings. The lowest BCUT2D eigenvalue weighted by Crippen LogP contribution is -2.46. The van der Waals surface area contributed by atoms with E-state index in [2.05, 4.69) is 27.2 Å². The Morgan fingerprint density at radius 2 is 1.86 bits per heavy atom. The number of carbonyl (C=O) groups excluding carboxylic acids is 3. The highest BCUT2D eigenvalue weighted by Gasteiger charge is 2.36. The molecule has 2 aromatic carbocycles. The lowest BCUT2D eigenvalue weighted by molar-refractivity contribution is -0.125. The molecule has 0 radical (unpaired) electrons. The number of nitrogens with zero attached hydrogens (tertiary/aromatic N) is 3. The number of piperazine rings is 1. The van der Waals surface area contributed by atoms with Gasteiger partial charge < -0.3 is 19.9 Å². The normalized spacial score (nSPS) is 16.7. The number of amides is 2. The Balaban J connectivity index is 1.28. The molecule has 8 heteroatoms. The third-order valence-corrected chi connectivity index (χ3v) is 7.63. The Kier molecular flexibility index (Phi) is 8.99. The average molecular weight is 511 g/mol. The molecule has 36 heavy (non-hydrogen) atoms. The number of nitrogens with one attached hydrogen (secondary N) is 1. The standard InChI is InChI=1S/C28H35ClN4O3/c1-30-27(35)26(13-7-19-34)33-20-23-21(9-6-10-22(23)28(33)36)8-4-5-14-31-15-17-32(18-16-31)25-12-3-2-11-24(25)29/h2-3,6,9-12,19,26H,4-5,7-8,13-18,20H2,1H3,(H,30,35). The predicted molar refractivity (Wildman–Crippen MR) is 143 cm³/mol. The van der Waals surface area contributed by atoms with Crippen molar-refractivity contribution >= 4 is 35.4 Å². The van der Waals surface area contributed by atoms with Crippen molar-refractivity contribution in [3.8, 4) is 0 Å². The van der Waals surface area contributed by atoms with Crippen LogP contribution in [-0.4, -0.2) is 73.7 Å². The molecule has 4 rings (SSSR count). The van der Waals surface area contributed by atoms with E-state index in [0.29, 0.717) is 18.5 Å². The molecule has 2 amide bonds. The van der Waals surface area contributed by atoms with E-state index in [1.54, 1.807) is 11.9 Å². The van der Waals surface area contributed by atoms with Gasteiger partial charge in [-0.1, -0.05) is 35.9 Å². The minimum atomic E-state index is -0.627. The summed E-state index contributed by atoms with van der Waals surface area (Å²) >= 11 is 6.36. The zero-order valence-corrected chi connectivity index (χ0v) is 21.7. The molecule has 0 aromatic heterocycles. The topological polar surface area (TPSA) is 73.0 Å². The van der Waals surface area contributed by atoms with Crippen molar-refractivity contribution in [1.82, 2.24) is 15.1 Å². The second-order valence-corrected chi connectivity index (χ2v) is 9.89. The van der Waals surface area contributed by atoms with Gasteiger partial charge in [0, 0.05) is 51.8 Å². The van der Waals surface area contributed by atoms with Gasteiger partial charge in [-0.15, -0.1) is 0 Å². The lowest BCUT2D eigenvalue weighted by Gasteiger charge is -2.36. The molecule has 0 bridgehead atoms. The van der Waals surface area contributed by atoms with Crippen molar-refractivity contribution < 1.29 is 14.4 Å². The van der Waals surface area contributed by atoms with Crippen molar-refractivity contribution in [3.05, 3.63) is 64.2 Å². The number of hydrogen-bond donors (Lipinski definition) is 1. The second kappa shape index (κ2) is 12.4. The fourth-order valence-electron chi connectivity index (χ4n) is 5.30. The van der Waals surface area contributed by atoms with Crippen LogP contribution in [0.15, 0.2) is 42.5 Å². The highest BCUT2D eigenvalue weighted by atomic mass is 35.5. The fourth-order valence-corrected chi connectivity index (χ4v) is 5.55. The zero-order chi connectivity index (χ0) is 25.5. The van der Waals surface area contributed by atoms with Crippen molar-refractivity contribution in [1.29, 1.82) is 0 Å². The van der Waals surface area contributed by atoms with Crippen molar-refractivity contribution in [2.45, 2.75) is 44.7 Å². The van der Waals surface area contributed by atoms with Crippen LogP contribution < -0.4 is 10.2 Å². The molecule has 1 fully saturated rings. The summed E-state index contributed by atoms with van der Waals surface area (Å²) in [4.78, 5) is 42.9. The minimum Gasteiger partial charge on any atom is -0.368 e. The number of benzene rings is 2. The first-order chi connectivity index (χ1) is 17.5. The Morgan fingerprint density at radius 1 is 1.08 bits per heavy atom. The third-order valence-electron chi connectivity index (χ3n) is 7.31. The number of hydrogen-bond acceptors (Lipinski definition) is 5. The largest absolute Gasteiger partial charge is 0.368 e.